The zero-order chi connectivity index (χ0) is 18.2. The summed E-state index contributed by atoms with van der Waals surface area (Å²) < 4.78 is 15.8. The number of nitrogens with one attached hydrogen (secondary N) is 1. The normalized spacial score (nSPS) is 10.6. The Labute approximate surface area is 151 Å². The van der Waals surface area contributed by atoms with Gasteiger partial charge in [-0.3, -0.25) is 4.79 Å². The van der Waals surface area contributed by atoms with Crippen molar-refractivity contribution in [2.45, 2.75) is 6.42 Å². The molecule has 0 saturated heterocycles. The van der Waals surface area contributed by atoms with Gasteiger partial charge in [0.25, 0.3) is 0 Å². The zero-order valence-electron chi connectivity index (χ0n) is 14.2. The summed E-state index contributed by atoms with van der Waals surface area (Å²) in [6, 6.07) is 10.5. The first kappa shape index (κ1) is 18.6. The SMILES string of the molecule is COc1cc(OC)c(OC)cc1/C=N/NC(=O)Cc1ccc(Cl)cc1. The molecule has 132 valence electrons. The molecule has 1 amide bonds. The van der Waals surface area contributed by atoms with Crippen LogP contribution in [0.3, 0.4) is 0 Å². The summed E-state index contributed by atoms with van der Waals surface area (Å²) in [6.07, 6.45) is 1.69. The van der Waals surface area contributed by atoms with Crippen molar-refractivity contribution in [1.82, 2.24) is 5.43 Å². The molecule has 0 atom stereocenters. The second-order valence-corrected chi connectivity index (χ2v) is 5.48. The summed E-state index contributed by atoms with van der Waals surface area (Å²) in [6.45, 7) is 0. The second-order valence-electron chi connectivity index (χ2n) is 5.05. The smallest absolute Gasteiger partial charge is 0.244 e. The van der Waals surface area contributed by atoms with Gasteiger partial charge in [0, 0.05) is 16.7 Å². The highest BCUT2D eigenvalue weighted by atomic mass is 35.5. The Hall–Kier alpha value is -2.73. The summed E-state index contributed by atoms with van der Waals surface area (Å²) >= 11 is 5.82. The van der Waals surface area contributed by atoms with Crippen LogP contribution in [0.4, 0.5) is 0 Å². The van der Waals surface area contributed by atoms with Gasteiger partial charge in [-0.2, -0.15) is 5.10 Å². The van der Waals surface area contributed by atoms with Gasteiger partial charge < -0.3 is 14.2 Å². The molecule has 7 heteroatoms. The van der Waals surface area contributed by atoms with Crippen LogP contribution >= 0.6 is 11.6 Å². The lowest BCUT2D eigenvalue weighted by molar-refractivity contribution is -0.120. The minimum Gasteiger partial charge on any atom is -0.496 e. The molecule has 0 heterocycles. The topological polar surface area (TPSA) is 69.2 Å². The van der Waals surface area contributed by atoms with Gasteiger partial charge in [-0.1, -0.05) is 23.7 Å². The van der Waals surface area contributed by atoms with Crippen LogP contribution in [0.15, 0.2) is 41.5 Å². The quantitative estimate of drug-likeness (QED) is 0.607. The van der Waals surface area contributed by atoms with E-state index >= 15 is 0 Å². The van der Waals surface area contributed by atoms with Gasteiger partial charge in [-0.15, -0.1) is 0 Å². The molecule has 0 aliphatic rings. The molecule has 0 unspecified atom stereocenters. The van der Waals surface area contributed by atoms with Crippen molar-refractivity contribution < 1.29 is 19.0 Å². The average Bonchev–Trinajstić information content (AvgIpc) is 2.63. The van der Waals surface area contributed by atoms with Gasteiger partial charge in [0.05, 0.1) is 34.0 Å². The van der Waals surface area contributed by atoms with Crippen LogP contribution in [0.1, 0.15) is 11.1 Å². The van der Waals surface area contributed by atoms with Crippen LogP contribution in [0.2, 0.25) is 5.02 Å². The minimum absolute atomic E-state index is 0.206. The number of rotatable bonds is 7. The van der Waals surface area contributed by atoms with Crippen LogP contribution in [0, 0.1) is 0 Å². The largest absolute Gasteiger partial charge is 0.496 e. The summed E-state index contributed by atoms with van der Waals surface area (Å²) in [5, 5.41) is 4.60. The molecule has 0 spiro atoms. The van der Waals surface area contributed by atoms with Crippen LogP contribution in [-0.4, -0.2) is 33.5 Å². The maximum atomic E-state index is 11.9. The molecule has 0 bridgehead atoms. The maximum Gasteiger partial charge on any atom is 0.244 e. The average molecular weight is 363 g/mol. The summed E-state index contributed by atoms with van der Waals surface area (Å²) in [4.78, 5) is 11.9. The van der Waals surface area contributed by atoms with E-state index < -0.39 is 0 Å². The Kier molecular flexibility index (Phi) is 6.65. The number of ether oxygens (including phenoxy) is 3. The molecule has 2 rings (SSSR count). The van der Waals surface area contributed by atoms with Gasteiger partial charge in [0.2, 0.25) is 5.91 Å². The number of nitrogens with zero attached hydrogens (tertiary/aromatic N) is 1. The molecular weight excluding hydrogens is 344 g/mol. The third-order valence-electron chi connectivity index (χ3n) is 3.41. The standard InChI is InChI=1S/C18H19ClN2O4/c1-23-15-10-17(25-3)16(24-2)9-13(15)11-20-21-18(22)8-12-4-6-14(19)7-5-12/h4-7,9-11H,8H2,1-3H3,(H,21,22)/b20-11+. The van der Waals surface area contributed by atoms with Crippen LogP contribution < -0.4 is 19.6 Å². The predicted octanol–water partition coefficient (Wildman–Crippen LogP) is 3.06. The van der Waals surface area contributed by atoms with E-state index in [1.807, 2.05) is 0 Å². The number of halogens is 1. The number of hydrogen-bond donors (Lipinski definition) is 1. The third-order valence-corrected chi connectivity index (χ3v) is 3.66. The number of hydrazone groups is 1. The molecule has 25 heavy (non-hydrogen) atoms. The van der Waals surface area contributed by atoms with Gasteiger partial charge in [-0.25, -0.2) is 5.43 Å². The lowest BCUT2D eigenvalue weighted by Gasteiger charge is -2.11. The zero-order valence-corrected chi connectivity index (χ0v) is 15.0. The molecule has 1 N–H and O–H groups in total. The summed E-state index contributed by atoms with van der Waals surface area (Å²) in [7, 11) is 4.62. The monoisotopic (exact) mass is 362 g/mol. The highest BCUT2D eigenvalue weighted by Gasteiger charge is 2.10. The van der Waals surface area contributed by atoms with Crippen LogP contribution in [0.25, 0.3) is 0 Å². The number of carbonyl (C=O) groups excluding carboxylic acids is 1. The molecule has 0 aliphatic carbocycles. The molecular formula is C18H19ClN2O4. The van der Waals surface area contributed by atoms with Crippen molar-refractivity contribution in [1.29, 1.82) is 0 Å². The molecule has 2 aromatic carbocycles. The fourth-order valence-corrected chi connectivity index (χ4v) is 2.28. The first-order valence-corrected chi connectivity index (χ1v) is 7.81. The van der Waals surface area contributed by atoms with Crippen molar-refractivity contribution >= 4 is 23.7 Å². The van der Waals surface area contributed by atoms with E-state index in [1.54, 1.807) is 50.6 Å². The lowest BCUT2D eigenvalue weighted by Crippen LogP contribution is -2.19. The molecule has 6 nitrogen and oxygen atoms in total. The highest BCUT2D eigenvalue weighted by molar-refractivity contribution is 6.30. The molecule has 0 aliphatic heterocycles. The predicted molar refractivity (Wildman–Crippen MR) is 97.0 cm³/mol. The highest BCUT2D eigenvalue weighted by Crippen LogP contribution is 2.33. The van der Waals surface area contributed by atoms with Crippen LogP contribution in [-0.2, 0) is 11.2 Å². The number of carbonyl (C=O) groups is 1. The van der Waals surface area contributed by atoms with E-state index in [9.17, 15) is 4.79 Å². The van der Waals surface area contributed by atoms with E-state index in [-0.39, 0.29) is 12.3 Å². The molecule has 0 aromatic heterocycles. The van der Waals surface area contributed by atoms with E-state index in [0.29, 0.717) is 27.8 Å². The van der Waals surface area contributed by atoms with Gasteiger partial charge in [-0.05, 0) is 23.8 Å². The number of hydrogen-bond acceptors (Lipinski definition) is 5. The molecule has 0 fully saturated rings. The minimum atomic E-state index is -0.238. The Morgan fingerprint density at radius 1 is 1.04 bits per heavy atom. The molecule has 0 saturated carbocycles. The molecule has 2 aromatic rings. The Balaban J connectivity index is 2.05. The van der Waals surface area contributed by atoms with E-state index in [2.05, 4.69) is 10.5 Å². The fraction of sp³-hybridized carbons (Fsp3) is 0.222. The van der Waals surface area contributed by atoms with Crippen molar-refractivity contribution in [3.8, 4) is 17.2 Å². The second kappa shape index (κ2) is 8.94. The van der Waals surface area contributed by atoms with Crippen molar-refractivity contribution in [3.63, 3.8) is 0 Å². The fourth-order valence-electron chi connectivity index (χ4n) is 2.15. The van der Waals surface area contributed by atoms with Gasteiger partial charge in [0.1, 0.15) is 5.75 Å². The van der Waals surface area contributed by atoms with Crippen molar-refractivity contribution in [2.75, 3.05) is 21.3 Å². The number of amides is 1. The van der Waals surface area contributed by atoms with Gasteiger partial charge in [0.15, 0.2) is 11.5 Å². The van der Waals surface area contributed by atoms with E-state index in [4.69, 9.17) is 25.8 Å². The number of benzene rings is 2. The first-order chi connectivity index (χ1) is 12.1. The van der Waals surface area contributed by atoms with Crippen molar-refractivity contribution in [3.05, 3.63) is 52.5 Å². The van der Waals surface area contributed by atoms with E-state index in [0.717, 1.165) is 5.56 Å². The van der Waals surface area contributed by atoms with Crippen LogP contribution in [0.5, 0.6) is 17.2 Å². The van der Waals surface area contributed by atoms with Gasteiger partial charge >= 0.3 is 0 Å². The lowest BCUT2D eigenvalue weighted by atomic mass is 10.1. The van der Waals surface area contributed by atoms with E-state index in [1.165, 1.54) is 13.3 Å². The van der Waals surface area contributed by atoms with Crippen molar-refractivity contribution in [2.24, 2.45) is 5.10 Å². The number of methoxy groups -OCH3 is 3. The third kappa shape index (κ3) is 5.12. The molecule has 0 radical (unpaired) electrons. The summed E-state index contributed by atoms with van der Waals surface area (Å²) in [5.41, 5.74) is 3.97. The summed E-state index contributed by atoms with van der Waals surface area (Å²) in [5.74, 6) is 1.40. The first-order valence-electron chi connectivity index (χ1n) is 7.43. The Morgan fingerprint density at radius 3 is 2.24 bits per heavy atom. The maximum absolute atomic E-state index is 11.9. The Bertz CT molecular complexity index is 760. The Morgan fingerprint density at radius 2 is 1.64 bits per heavy atom.